The van der Waals surface area contributed by atoms with E-state index >= 15 is 0 Å². The minimum Gasteiger partial charge on any atom is -0.338 e. The van der Waals surface area contributed by atoms with Crippen molar-refractivity contribution in [3.8, 4) is 5.69 Å². The van der Waals surface area contributed by atoms with Gasteiger partial charge in [-0.15, -0.1) is 0 Å². The number of rotatable bonds is 4. The first-order valence-electron chi connectivity index (χ1n) is 10.4. The molecule has 2 fully saturated rings. The van der Waals surface area contributed by atoms with Crippen molar-refractivity contribution in [1.29, 1.82) is 0 Å². The Kier molecular flexibility index (Phi) is 6.16. The van der Waals surface area contributed by atoms with Gasteiger partial charge < -0.3 is 9.80 Å². The van der Waals surface area contributed by atoms with E-state index in [4.69, 9.17) is 0 Å². The summed E-state index contributed by atoms with van der Waals surface area (Å²) in [4.78, 5) is 17.7. The lowest BCUT2D eigenvalue weighted by Gasteiger charge is -2.38. The fourth-order valence-electron chi connectivity index (χ4n) is 4.39. The highest BCUT2D eigenvalue weighted by atomic mass is 79.9. The largest absolute Gasteiger partial charge is 0.338 e. The standard InChI is InChI=1S/C22H29BrN4O/c1-17-8-11-25(12-9-17)14-18-3-2-10-26(15-18)22(28)19-4-6-21(7-5-19)27-16-20(23)13-24-27/h4-7,13,16-18H,2-3,8-12,14-15H2,1H3. The summed E-state index contributed by atoms with van der Waals surface area (Å²) in [5, 5.41) is 4.29. The number of amides is 1. The number of hydrogen-bond acceptors (Lipinski definition) is 3. The number of carbonyl (C=O) groups excluding carboxylic acids is 1. The van der Waals surface area contributed by atoms with Crippen molar-refractivity contribution in [3.63, 3.8) is 0 Å². The van der Waals surface area contributed by atoms with Crippen LogP contribution in [0.25, 0.3) is 5.69 Å². The Hall–Kier alpha value is -1.66. The smallest absolute Gasteiger partial charge is 0.253 e. The fourth-order valence-corrected chi connectivity index (χ4v) is 4.68. The quantitative estimate of drug-likeness (QED) is 0.708. The summed E-state index contributed by atoms with van der Waals surface area (Å²) in [7, 11) is 0. The number of likely N-dealkylation sites (tertiary alicyclic amines) is 2. The lowest BCUT2D eigenvalue weighted by atomic mass is 9.94. The van der Waals surface area contributed by atoms with E-state index in [9.17, 15) is 4.79 Å². The third kappa shape index (κ3) is 4.66. The van der Waals surface area contributed by atoms with Crippen molar-refractivity contribution in [3.05, 3.63) is 46.7 Å². The first-order valence-corrected chi connectivity index (χ1v) is 11.2. The topological polar surface area (TPSA) is 41.4 Å². The summed E-state index contributed by atoms with van der Waals surface area (Å²) < 4.78 is 2.74. The van der Waals surface area contributed by atoms with Crippen LogP contribution in [0.5, 0.6) is 0 Å². The van der Waals surface area contributed by atoms with Gasteiger partial charge in [0.2, 0.25) is 0 Å². The van der Waals surface area contributed by atoms with E-state index in [-0.39, 0.29) is 5.91 Å². The molecule has 1 atom stereocenters. The highest BCUT2D eigenvalue weighted by molar-refractivity contribution is 9.10. The number of nitrogens with zero attached hydrogens (tertiary/aromatic N) is 4. The van der Waals surface area contributed by atoms with Crippen LogP contribution in [0.4, 0.5) is 0 Å². The van der Waals surface area contributed by atoms with Gasteiger partial charge in [0, 0.05) is 31.4 Å². The number of aromatic nitrogens is 2. The molecule has 1 aromatic heterocycles. The Morgan fingerprint density at radius 2 is 1.89 bits per heavy atom. The van der Waals surface area contributed by atoms with Crippen LogP contribution in [0.15, 0.2) is 41.1 Å². The minimum atomic E-state index is 0.158. The molecule has 150 valence electrons. The molecule has 0 N–H and O–H groups in total. The molecule has 0 bridgehead atoms. The maximum atomic E-state index is 13.0. The second-order valence-electron chi connectivity index (χ2n) is 8.39. The van der Waals surface area contributed by atoms with Gasteiger partial charge >= 0.3 is 0 Å². The van der Waals surface area contributed by atoms with E-state index in [0.717, 1.165) is 47.7 Å². The Bertz CT molecular complexity index is 795. The predicted octanol–water partition coefficient (Wildman–Crippen LogP) is 4.22. The van der Waals surface area contributed by atoms with E-state index in [0.29, 0.717) is 5.92 Å². The summed E-state index contributed by atoms with van der Waals surface area (Å²) in [6.07, 6.45) is 8.65. The summed E-state index contributed by atoms with van der Waals surface area (Å²) in [5.41, 5.74) is 1.72. The third-order valence-electron chi connectivity index (χ3n) is 6.13. The molecule has 2 aromatic rings. The summed E-state index contributed by atoms with van der Waals surface area (Å²) in [5.74, 6) is 1.63. The van der Waals surface area contributed by atoms with Crippen molar-refractivity contribution in [2.45, 2.75) is 32.6 Å². The van der Waals surface area contributed by atoms with Gasteiger partial charge in [-0.25, -0.2) is 4.68 Å². The van der Waals surface area contributed by atoms with Gasteiger partial charge in [0.1, 0.15) is 0 Å². The maximum absolute atomic E-state index is 13.0. The lowest BCUT2D eigenvalue weighted by Crippen LogP contribution is -2.45. The monoisotopic (exact) mass is 444 g/mol. The zero-order valence-corrected chi connectivity index (χ0v) is 18.1. The Morgan fingerprint density at radius 3 is 2.57 bits per heavy atom. The Labute approximate surface area is 175 Å². The van der Waals surface area contributed by atoms with Gasteiger partial charge in [-0.3, -0.25) is 4.79 Å². The first kappa shape index (κ1) is 19.6. The number of carbonyl (C=O) groups is 1. The second kappa shape index (κ2) is 8.78. The zero-order valence-electron chi connectivity index (χ0n) is 16.6. The zero-order chi connectivity index (χ0) is 19.5. The van der Waals surface area contributed by atoms with Gasteiger partial charge in [0.15, 0.2) is 0 Å². The summed E-state index contributed by atoms with van der Waals surface area (Å²) in [6, 6.07) is 7.76. The molecule has 1 amide bonds. The molecule has 0 saturated carbocycles. The van der Waals surface area contributed by atoms with Gasteiger partial charge in [0.05, 0.1) is 16.4 Å². The van der Waals surface area contributed by atoms with E-state index in [2.05, 4.69) is 37.8 Å². The van der Waals surface area contributed by atoms with Crippen molar-refractivity contribution < 1.29 is 4.79 Å². The fraction of sp³-hybridized carbons (Fsp3) is 0.545. The number of piperidine rings is 2. The van der Waals surface area contributed by atoms with E-state index in [1.54, 1.807) is 10.9 Å². The first-order chi connectivity index (χ1) is 13.6. The molecule has 0 radical (unpaired) electrons. The van der Waals surface area contributed by atoms with E-state index in [1.807, 2.05) is 30.5 Å². The molecule has 0 aliphatic carbocycles. The summed E-state index contributed by atoms with van der Waals surface area (Å²) in [6.45, 7) is 7.70. The molecule has 2 aliphatic rings. The molecule has 3 heterocycles. The Balaban J connectivity index is 1.36. The van der Waals surface area contributed by atoms with Crippen LogP contribution in [-0.4, -0.2) is 58.2 Å². The van der Waals surface area contributed by atoms with Crippen LogP contribution < -0.4 is 0 Å². The molecular formula is C22H29BrN4O. The van der Waals surface area contributed by atoms with Crippen LogP contribution in [0, 0.1) is 11.8 Å². The molecule has 2 aliphatic heterocycles. The van der Waals surface area contributed by atoms with E-state index < -0.39 is 0 Å². The van der Waals surface area contributed by atoms with Gasteiger partial charge in [-0.2, -0.15) is 5.10 Å². The van der Waals surface area contributed by atoms with Crippen molar-refractivity contribution >= 4 is 21.8 Å². The maximum Gasteiger partial charge on any atom is 0.253 e. The second-order valence-corrected chi connectivity index (χ2v) is 9.31. The molecule has 2 saturated heterocycles. The van der Waals surface area contributed by atoms with Gasteiger partial charge in [0.25, 0.3) is 5.91 Å². The molecule has 6 heteroatoms. The molecule has 1 unspecified atom stereocenters. The van der Waals surface area contributed by atoms with Crippen LogP contribution in [0.1, 0.15) is 43.0 Å². The van der Waals surface area contributed by atoms with Crippen molar-refractivity contribution in [2.24, 2.45) is 11.8 Å². The van der Waals surface area contributed by atoms with E-state index in [1.165, 1.54) is 32.4 Å². The Morgan fingerprint density at radius 1 is 1.14 bits per heavy atom. The predicted molar refractivity (Wildman–Crippen MR) is 115 cm³/mol. The molecule has 5 nitrogen and oxygen atoms in total. The molecule has 28 heavy (non-hydrogen) atoms. The van der Waals surface area contributed by atoms with Crippen molar-refractivity contribution in [2.75, 3.05) is 32.7 Å². The third-order valence-corrected chi connectivity index (χ3v) is 6.54. The molecular weight excluding hydrogens is 416 g/mol. The van der Waals surface area contributed by atoms with Crippen LogP contribution in [-0.2, 0) is 0 Å². The highest BCUT2D eigenvalue weighted by Crippen LogP contribution is 2.23. The minimum absolute atomic E-state index is 0.158. The van der Waals surface area contributed by atoms with Crippen molar-refractivity contribution in [1.82, 2.24) is 19.6 Å². The van der Waals surface area contributed by atoms with Crippen LogP contribution in [0.3, 0.4) is 0 Å². The highest BCUT2D eigenvalue weighted by Gasteiger charge is 2.27. The molecule has 1 aromatic carbocycles. The summed E-state index contributed by atoms with van der Waals surface area (Å²) >= 11 is 3.42. The molecule has 4 rings (SSSR count). The average Bonchev–Trinajstić information content (AvgIpc) is 3.16. The average molecular weight is 445 g/mol. The molecule has 0 spiro atoms. The van der Waals surface area contributed by atoms with Gasteiger partial charge in [-0.05, 0) is 90.8 Å². The number of hydrogen-bond donors (Lipinski definition) is 0. The normalized spacial score (nSPS) is 21.8. The van der Waals surface area contributed by atoms with Crippen LogP contribution >= 0.6 is 15.9 Å². The SMILES string of the molecule is CC1CCN(CC2CCCN(C(=O)c3ccc(-n4cc(Br)cn4)cc3)C2)CC1. The number of benzene rings is 1. The number of halogens is 1. The van der Waals surface area contributed by atoms with Gasteiger partial charge in [-0.1, -0.05) is 6.92 Å². The van der Waals surface area contributed by atoms with Crippen LogP contribution in [0.2, 0.25) is 0 Å². The lowest BCUT2D eigenvalue weighted by molar-refractivity contribution is 0.0622.